The van der Waals surface area contributed by atoms with Crippen LogP contribution in [0.4, 0.5) is 0 Å². The van der Waals surface area contributed by atoms with E-state index in [-0.39, 0.29) is 0 Å². The monoisotopic (exact) mass is 293 g/mol. The van der Waals surface area contributed by atoms with Crippen LogP contribution in [0.3, 0.4) is 0 Å². The third-order valence-electron chi connectivity index (χ3n) is 2.76. The SMILES string of the molecule is C=CC(=O)O.c1ccc(-c2cnc(-c3ccccc3)o2)cc1. The lowest BCUT2D eigenvalue weighted by Gasteiger charge is -1.95. The zero-order chi connectivity index (χ0) is 15.8. The number of aliphatic carboxylic acids is 1. The summed E-state index contributed by atoms with van der Waals surface area (Å²) in [5, 5.41) is 7.60. The molecule has 2 aromatic carbocycles. The molecule has 0 aliphatic rings. The summed E-state index contributed by atoms with van der Waals surface area (Å²) in [5.74, 6) is 0.471. The second-order valence-electron chi connectivity index (χ2n) is 4.30. The van der Waals surface area contributed by atoms with Crippen molar-refractivity contribution in [2.24, 2.45) is 0 Å². The molecule has 0 spiro atoms. The van der Waals surface area contributed by atoms with E-state index >= 15 is 0 Å². The summed E-state index contributed by atoms with van der Waals surface area (Å²) in [5.41, 5.74) is 2.04. The van der Waals surface area contributed by atoms with Crippen molar-refractivity contribution >= 4 is 5.97 Å². The summed E-state index contributed by atoms with van der Waals surface area (Å²) in [6.07, 6.45) is 2.59. The second kappa shape index (κ2) is 7.59. The third kappa shape index (κ3) is 4.18. The Balaban J connectivity index is 0.000000309. The Morgan fingerprint density at radius 2 is 1.50 bits per heavy atom. The smallest absolute Gasteiger partial charge is 0.327 e. The number of aromatic nitrogens is 1. The summed E-state index contributed by atoms with van der Waals surface area (Å²) in [7, 11) is 0. The highest BCUT2D eigenvalue weighted by atomic mass is 16.4. The number of carboxylic acid groups (broad SMARTS) is 1. The third-order valence-corrected chi connectivity index (χ3v) is 2.76. The van der Waals surface area contributed by atoms with Crippen LogP contribution in [0.25, 0.3) is 22.8 Å². The van der Waals surface area contributed by atoms with Crippen LogP contribution in [0.2, 0.25) is 0 Å². The van der Waals surface area contributed by atoms with E-state index in [2.05, 4.69) is 11.6 Å². The fourth-order valence-corrected chi connectivity index (χ4v) is 1.72. The van der Waals surface area contributed by atoms with Crippen molar-refractivity contribution in [3.63, 3.8) is 0 Å². The molecule has 0 aliphatic heterocycles. The minimum absolute atomic E-state index is 0.657. The molecule has 22 heavy (non-hydrogen) atoms. The van der Waals surface area contributed by atoms with Gasteiger partial charge >= 0.3 is 5.97 Å². The number of oxazole rings is 1. The summed E-state index contributed by atoms with van der Waals surface area (Å²) >= 11 is 0. The van der Waals surface area contributed by atoms with Gasteiger partial charge in [0.1, 0.15) is 0 Å². The number of carboxylic acids is 1. The van der Waals surface area contributed by atoms with Crippen molar-refractivity contribution in [3.05, 3.63) is 79.5 Å². The minimum atomic E-state index is -0.981. The molecule has 0 aliphatic carbocycles. The minimum Gasteiger partial charge on any atom is -0.478 e. The predicted octanol–water partition coefficient (Wildman–Crippen LogP) is 4.27. The van der Waals surface area contributed by atoms with Gasteiger partial charge in [-0.15, -0.1) is 0 Å². The number of benzene rings is 2. The number of carbonyl (C=O) groups is 1. The van der Waals surface area contributed by atoms with Crippen LogP contribution in [-0.2, 0) is 4.79 Å². The first-order chi connectivity index (χ1) is 10.7. The molecule has 0 unspecified atom stereocenters. The number of hydrogen-bond acceptors (Lipinski definition) is 3. The molecule has 0 fully saturated rings. The van der Waals surface area contributed by atoms with Crippen LogP contribution in [0.1, 0.15) is 0 Å². The summed E-state index contributed by atoms with van der Waals surface area (Å²) < 4.78 is 5.74. The number of hydrogen-bond donors (Lipinski definition) is 1. The van der Waals surface area contributed by atoms with Gasteiger partial charge in [0, 0.05) is 17.2 Å². The van der Waals surface area contributed by atoms with Crippen LogP contribution in [0.15, 0.2) is 83.9 Å². The predicted molar refractivity (Wildman–Crippen MR) is 85.2 cm³/mol. The number of rotatable bonds is 3. The molecular formula is C18H15NO3. The Morgan fingerprint density at radius 1 is 1.00 bits per heavy atom. The van der Waals surface area contributed by atoms with E-state index in [9.17, 15) is 4.79 Å². The fourth-order valence-electron chi connectivity index (χ4n) is 1.72. The van der Waals surface area contributed by atoms with Crippen molar-refractivity contribution < 1.29 is 14.3 Å². The quantitative estimate of drug-likeness (QED) is 0.733. The molecule has 3 aromatic rings. The molecule has 4 heteroatoms. The first kappa shape index (κ1) is 15.3. The topological polar surface area (TPSA) is 63.3 Å². The van der Waals surface area contributed by atoms with Crippen molar-refractivity contribution in [2.45, 2.75) is 0 Å². The summed E-state index contributed by atoms with van der Waals surface area (Å²) in [6, 6.07) is 19.9. The summed E-state index contributed by atoms with van der Waals surface area (Å²) in [4.78, 5) is 13.5. The van der Waals surface area contributed by atoms with Gasteiger partial charge in [-0.1, -0.05) is 55.1 Å². The first-order valence-corrected chi connectivity index (χ1v) is 6.62. The number of nitrogens with zero attached hydrogens (tertiary/aromatic N) is 1. The standard InChI is InChI=1S/C15H11NO.C3H4O2/c1-3-7-12(8-4-1)14-11-16-15(17-14)13-9-5-2-6-10-13;1-2-3(4)5/h1-11H;2H,1H2,(H,4,5). The van der Waals surface area contributed by atoms with Crippen molar-refractivity contribution in [1.29, 1.82) is 0 Å². The van der Waals surface area contributed by atoms with Crippen molar-refractivity contribution in [2.75, 3.05) is 0 Å². The molecule has 1 N–H and O–H groups in total. The molecule has 1 heterocycles. The highest BCUT2D eigenvalue weighted by Gasteiger charge is 2.07. The molecule has 4 nitrogen and oxygen atoms in total. The molecule has 0 atom stereocenters. The highest BCUT2D eigenvalue weighted by Crippen LogP contribution is 2.25. The zero-order valence-corrected chi connectivity index (χ0v) is 11.8. The summed E-state index contributed by atoms with van der Waals surface area (Å²) in [6.45, 7) is 2.96. The Kier molecular flexibility index (Phi) is 5.26. The highest BCUT2D eigenvalue weighted by molar-refractivity contribution is 5.78. The molecule has 0 saturated carbocycles. The Bertz CT molecular complexity index is 679. The maximum absolute atomic E-state index is 9.25. The van der Waals surface area contributed by atoms with Crippen molar-refractivity contribution in [3.8, 4) is 22.8 Å². The molecule has 3 rings (SSSR count). The molecular weight excluding hydrogens is 278 g/mol. The maximum atomic E-state index is 9.25. The van der Waals surface area contributed by atoms with Crippen molar-refractivity contribution in [1.82, 2.24) is 4.98 Å². The van der Waals surface area contributed by atoms with Crippen LogP contribution in [0, 0.1) is 0 Å². The van der Waals surface area contributed by atoms with Gasteiger partial charge in [-0.05, 0) is 12.1 Å². The lowest BCUT2D eigenvalue weighted by atomic mass is 10.2. The molecule has 110 valence electrons. The first-order valence-electron chi connectivity index (χ1n) is 6.62. The Morgan fingerprint density at radius 3 is 2.00 bits per heavy atom. The molecule has 0 bridgehead atoms. The fraction of sp³-hybridized carbons (Fsp3) is 0. The molecule has 0 radical (unpaired) electrons. The second-order valence-corrected chi connectivity index (χ2v) is 4.30. The van der Waals surface area contributed by atoms with E-state index in [1.807, 2.05) is 60.7 Å². The van der Waals surface area contributed by atoms with E-state index in [1.54, 1.807) is 6.20 Å². The lowest BCUT2D eigenvalue weighted by Crippen LogP contribution is -1.82. The van der Waals surface area contributed by atoms with Gasteiger partial charge in [0.2, 0.25) is 5.89 Å². The zero-order valence-electron chi connectivity index (χ0n) is 11.8. The van der Waals surface area contributed by atoms with E-state index in [0.29, 0.717) is 5.89 Å². The van der Waals surface area contributed by atoms with Gasteiger partial charge in [0.05, 0.1) is 6.20 Å². The molecule has 0 amide bonds. The van der Waals surface area contributed by atoms with E-state index in [1.165, 1.54) is 0 Å². The van der Waals surface area contributed by atoms with Crippen LogP contribution in [-0.4, -0.2) is 16.1 Å². The van der Waals surface area contributed by atoms with Gasteiger partial charge in [0.15, 0.2) is 5.76 Å². The Hall–Kier alpha value is -3.14. The van der Waals surface area contributed by atoms with E-state index in [0.717, 1.165) is 23.0 Å². The lowest BCUT2D eigenvalue weighted by molar-refractivity contribution is -0.131. The van der Waals surface area contributed by atoms with Gasteiger partial charge in [-0.25, -0.2) is 9.78 Å². The van der Waals surface area contributed by atoms with Crippen LogP contribution < -0.4 is 0 Å². The van der Waals surface area contributed by atoms with Gasteiger partial charge < -0.3 is 9.52 Å². The molecule has 1 aromatic heterocycles. The van der Waals surface area contributed by atoms with Crippen LogP contribution >= 0.6 is 0 Å². The Labute approximate surface area is 128 Å². The normalized spacial score (nSPS) is 9.45. The molecule has 0 saturated heterocycles. The average Bonchev–Trinajstić information content (AvgIpc) is 3.07. The maximum Gasteiger partial charge on any atom is 0.327 e. The van der Waals surface area contributed by atoms with Gasteiger partial charge in [-0.2, -0.15) is 0 Å². The van der Waals surface area contributed by atoms with E-state index < -0.39 is 5.97 Å². The average molecular weight is 293 g/mol. The van der Waals surface area contributed by atoms with Crippen LogP contribution in [0.5, 0.6) is 0 Å². The van der Waals surface area contributed by atoms with Gasteiger partial charge in [0.25, 0.3) is 0 Å². The van der Waals surface area contributed by atoms with Gasteiger partial charge in [-0.3, -0.25) is 0 Å². The van der Waals surface area contributed by atoms with E-state index in [4.69, 9.17) is 9.52 Å². The largest absolute Gasteiger partial charge is 0.478 e.